The molecule has 2 aliphatic rings. The average Bonchev–Trinajstić information content (AvgIpc) is 3.11. The number of nitrogens with one attached hydrogen (secondary N) is 2. The van der Waals surface area contributed by atoms with Gasteiger partial charge in [-0.2, -0.15) is 0 Å². The predicted molar refractivity (Wildman–Crippen MR) is 96.2 cm³/mol. The molecule has 2 saturated heterocycles. The summed E-state index contributed by atoms with van der Waals surface area (Å²) in [6.45, 7) is 6.43. The smallest absolute Gasteiger partial charge is 0.238 e. The van der Waals surface area contributed by atoms with E-state index in [1.807, 2.05) is 0 Å². The van der Waals surface area contributed by atoms with Crippen LogP contribution in [0.15, 0.2) is 24.3 Å². The number of amides is 1. The minimum atomic E-state index is -0.0271. The number of benzene rings is 1. The van der Waals surface area contributed by atoms with Gasteiger partial charge >= 0.3 is 0 Å². The Hall–Kier alpha value is -1.04. The highest BCUT2D eigenvalue weighted by Crippen LogP contribution is 2.18. The molecule has 0 saturated carbocycles. The molecule has 126 valence electrons. The number of nitrogens with zero attached hydrogens (tertiary/aromatic N) is 1. The van der Waals surface area contributed by atoms with Crippen LogP contribution in [0.5, 0.6) is 0 Å². The van der Waals surface area contributed by atoms with Crippen molar-refractivity contribution in [1.82, 2.24) is 15.5 Å². The lowest BCUT2D eigenvalue weighted by Crippen LogP contribution is -2.41. The fraction of sp³-hybridized carbons (Fsp3) is 0.611. The normalized spacial score (nSPS) is 23.1. The minimum absolute atomic E-state index is 0.0271. The molecule has 1 aromatic carbocycles. The third-order valence-corrected chi connectivity index (χ3v) is 5.74. The fourth-order valence-corrected chi connectivity index (χ4v) is 4.06. The van der Waals surface area contributed by atoms with Crippen LogP contribution in [0.1, 0.15) is 30.9 Å². The number of thioether (sulfide) groups is 1. The van der Waals surface area contributed by atoms with Crippen molar-refractivity contribution in [3.8, 4) is 0 Å². The molecular weight excluding hydrogens is 306 g/mol. The van der Waals surface area contributed by atoms with E-state index in [4.69, 9.17) is 0 Å². The van der Waals surface area contributed by atoms with Crippen molar-refractivity contribution in [1.29, 1.82) is 0 Å². The Morgan fingerprint density at radius 1 is 1.26 bits per heavy atom. The molecule has 0 radical (unpaired) electrons. The van der Waals surface area contributed by atoms with Crippen molar-refractivity contribution in [3.63, 3.8) is 0 Å². The molecule has 5 heteroatoms. The van der Waals surface area contributed by atoms with Crippen LogP contribution >= 0.6 is 11.8 Å². The molecule has 1 amide bonds. The van der Waals surface area contributed by atoms with Crippen LogP contribution < -0.4 is 10.6 Å². The third kappa shape index (κ3) is 4.96. The zero-order chi connectivity index (χ0) is 16.1. The number of piperidine rings is 1. The second-order valence-electron chi connectivity index (χ2n) is 6.76. The van der Waals surface area contributed by atoms with Gasteiger partial charge in [0.15, 0.2) is 0 Å². The summed E-state index contributed by atoms with van der Waals surface area (Å²) >= 11 is 1.77. The van der Waals surface area contributed by atoms with Gasteiger partial charge in [0.25, 0.3) is 0 Å². The molecule has 1 atom stereocenters. The Bertz CT molecular complexity index is 506. The van der Waals surface area contributed by atoms with Crippen molar-refractivity contribution < 1.29 is 4.79 Å². The molecule has 23 heavy (non-hydrogen) atoms. The molecule has 2 heterocycles. The molecule has 2 aliphatic heterocycles. The zero-order valence-electron chi connectivity index (χ0n) is 13.9. The molecule has 1 unspecified atom stereocenters. The van der Waals surface area contributed by atoms with Crippen molar-refractivity contribution in [2.45, 2.75) is 38.9 Å². The molecular formula is C18H27N3OS. The van der Waals surface area contributed by atoms with Crippen molar-refractivity contribution in [2.75, 3.05) is 24.7 Å². The summed E-state index contributed by atoms with van der Waals surface area (Å²) in [6.07, 6.45) is 2.63. The van der Waals surface area contributed by atoms with Crippen LogP contribution in [0.2, 0.25) is 0 Å². The molecule has 0 bridgehead atoms. The molecule has 3 rings (SSSR count). The lowest BCUT2D eigenvalue weighted by molar-refractivity contribution is -0.122. The topological polar surface area (TPSA) is 44.4 Å². The van der Waals surface area contributed by atoms with E-state index in [2.05, 4.69) is 46.7 Å². The highest BCUT2D eigenvalue weighted by molar-refractivity contribution is 7.99. The first-order chi connectivity index (χ1) is 11.2. The summed E-state index contributed by atoms with van der Waals surface area (Å²) in [7, 11) is 0. The fourth-order valence-electron chi connectivity index (χ4n) is 3.12. The number of carbonyl (C=O) groups excluding carboxylic acids is 1. The maximum absolute atomic E-state index is 12.0. The predicted octanol–water partition coefficient (Wildman–Crippen LogP) is 2.20. The van der Waals surface area contributed by atoms with Crippen LogP contribution in [0, 0.1) is 5.92 Å². The van der Waals surface area contributed by atoms with E-state index in [0.29, 0.717) is 6.54 Å². The van der Waals surface area contributed by atoms with Gasteiger partial charge in [-0.1, -0.05) is 31.2 Å². The summed E-state index contributed by atoms with van der Waals surface area (Å²) in [6, 6.07) is 8.64. The number of hydrogen-bond acceptors (Lipinski definition) is 4. The van der Waals surface area contributed by atoms with Crippen LogP contribution in [-0.4, -0.2) is 41.6 Å². The standard InChI is InChI=1S/C18H27N3OS/c1-14-6-8-21(9-7-14)11-16-4-2-15(3-5-16)10-19-18(22)17-12-23-13-20-17/h2-5,14,17,20H,6-13H2,1H3,(H,19,22). The van der Waals surface area contributed by atoms with E-state index >= 15 is 0 Å². The Balaban J connectivity index is 1.44. The Labute approximate surface area is 143 Å². The summed E-state index contributed by atoms with van der Waals surface area (Å²) in [5, 5.41) is 6.22. The average molecular weight is 334 g/mol. The van der Waals surface area contributed by atoms with Crippen molar-refractivity contribution in [2.24, 2.45) is 5.92 Å². The second-order valence-corrected chi connectivity index (χ2v) is 7.80. The van der Waals surface area contributed by atoms with Crippen LogP contribution in [0.4, 0.5) is 0 Å². The zero-order valence-corrected chi connectivity index (χ0v) is 14.7. The number of hydrogen-bond donors (Lipinski definition) is 2. The Morgan fingerprint density at radius 2 is 1.96 bits per heavy atom. The molecule has 0 aromatic heterocycles. The maximum Gasteiger partial charge on any atom is 0.238 e. The number of rotatable bonds is 5. The van der Waals surface area contributed by atoms with Gasteiger partial charge in [0.05, 0.1) is 6.04 Å². The summed E-state index contributed by atoms with van der Waals surface area (Å²) in [4.78, 5) is 14.5. The summed E-state index contributed by atoms with van der Waals surface area (Å²) in [5.74, 6) is 2.74. The lowest BCUT2D eigenvalue weighted by Gasteiger charge is -2.30. The second kappa shape index (κ2) is 8.18. The lowest BCUT2D eigenvalue weighted by atomic mass is 9.99. The Morgan fingerprint density at radius 3 is 2.61 bits per heavy atom. The summed E-state index contributed by atoms with van der Waals surface area (Å²) in [5.41, 5.74) is 2.53. The van der Waals surface area contributed by atoms with Gasteiger partial charge in [0.2, 0.25) is 5.91 Å². The largest absolute Gasteiger partial charge is 0.351 e. The van der Waals surface area contributed by atoms with E-state index in [0.717, 1.165) is 24.1 Å². The molecule has 2 fully saturated rings. The minimum Gasteiger partial charge on any atom is -0.351 e. The summed E-state index contributed by atoms with van der Waals surface area (Å²) < 4.78 is 0. The highest BCUT2D eigenvalue weighted by atomic mass is 32.2. The number of likely N-dealkylation sites (tertiary alicyclic amines) is 1. The van der Waals surface area contributed by atoms with Gasteiger partial charge in [-0.25, -0.2) is 0 Å². The van der Waals surface area contributed by atoms with Crippen LogP contribution in [-0.2, 0) is 17.9 Å². The first kappa shape index (κ1) is 16.8. The molecule has 4 nitrogen and oxygen atoms in total. The maximum atomic E-state index is 12.0. The molecule has 1 aromatic rings. The Kier molecular flexibility index (Phi) is 5.97. The first-order valence-electron chi connectivity index (χ1n) is 8.60. The SMILES string of the molecule is CC1CCN(Cc2ccc(CNC(=O)C3CSCN3)cc2)CC1. The van der Waals surface area contributed by atoms with Crippen molar-refractivity contribution in [3.05, 3.63) is 35.4 Å². The first-order valence-corrected chi connectivity index (χ1v) is 9.75. The van der Waals surface area contributed by atoms with Gasteiger partial charge in [0.1, 0.15) is 0 Å². The van der Waals surface area contributed by atoms with E-state index in [1.54, 1.807) is 11.8 Å². The monoisotopic (exact) mass is 333 g/mol. The van der Waals surface area contributed by atoms with Gasteiger partial charge in [-0.3, -0.25) is 15.0 Å². The third-order valence-electron chi connectivity index (χ3n) is 4.80. The molecule has 2 N–H and O–H groups in total. The van der Waals surface area contributed by atoms with Gasteiger partial charge < -0.3 is 5.32 Å². The van der Waals surface area contributed by atoms with Crippen molar-refractivity contribution >= 4 is 17.7 Å². The highest BCUT2D eigenvalue weighted by Gasteiger charge is 2.21. The number of carbonyl (C=O) groups is 1. The van der Waals surface area contributed by atoms with E-state index in [1.165, 1.54) is 37.1 Å². The van der Waals surface area contributed by atoms with E-state index in [9.17, 15) is 4.79 Å². The van der Waals surface area contributed by atoms with Gasteiger partial charge in [-0.15, -0.1) is 11.8 Å². The van der Waals surface area contributed by atoms with E-state index in [-0.39, 0.29) is 11.9 Å². The van der Waals surface area contributed by atoms with Gasteiger partial charge in [-0.05, 0) is 43.0 Å². The van der Waals surface area contributed by atoms with Gasteiger partial charge in [0, 0.05) is 24.7 Å². The molecule has 0 spiro atoms. The molecule has 0 aliphatic carbocycles. The van der Waals surface area contributed by atoms with Crippen LogP contribution in [0.25, 0.3) is 0 Å². The van der Waals surface area contributed by atoms with Crippen LogP contribution in [0.3, 0.4) is 0 Å². The quantitative estimate of drug-likeness (QED) is 0.867. The van der Waals surface area contributed by atoms with E-state index < -0.39 is 0 Å².